The van der Waals surface area contributed by atoms with Gasteiger partial charge in [-0.05, 0) is 42.4 Å². The summed E-state index contributed by atoms with van der Waals surface area (Å²) in [5, 5.41) is 12.1. The van der Waals surface area contributed by atoms with E-state index in [4.69, 9.17) is 17.3 Å². The highest BCUT2D eigenvalue weighted by molar-refractivity contribution is 6.30. The number of hydrogen-bond donors (Lipinski definition) is 2. The number of nitrogens with two attached hydrogens (primary N) is 1. The van der Waals surface area contributed by atoms with Gasteiger partial charge in [-0.1, -0.05) is 35.9 Å². The summed E-state index contributed by atoms with van der Waals surface area (Å²) < 4.78 is 41.2. The normalized spacial score (nSPS) is 18.8. The van der Waals surface area contributed by atoms with Gasteiger partial charge in [0.05, 0.1) is 0 Å². The molecule has 1 fully saturated rings. The molecule has 0 aromatic heterocycles. The number of carbonyl (C=O) groups excluding carboxylic acids is 1. The quantitative estimate of drug-likeness (QED) is 0.789. The van der Waals surface area contributed by atoms with Crippen LogP contribution in [-0.4, -0.2) is 42.4 Å². The van der Waals surface area contributed by atoms with Gasteiger partial charge in [0.25, 0.3) is 0 Å². The van der Waals surface area contributed by atoms with E-state index in [1.165, 1.54) is 18.2 Å². The van der Waals surface area contributed by atoms with Gasteiger partial charge in [-0.25, -0.2) is 0 Å². The van der Waals surface area contributed by atoms with Crippen molar-refractivity contribution in [1.82, 2.24) is 4.90 Å². The molecule has 1 amide bonds. The molecule has 3 rings (SSSR count). The number of halogens is 4. The molecule has 0 saturated carbocycles. The molecular formula is C19H18ClF3N2O3. The van der Waals surface area contributed by atoms with E-state index in [-0.39, 0.29) is 18.7 Å². The van der Waals surface area contributed by atoms with E-state index < -0.39 is 29.0 Å². The molecule has 0 spiro atoms. The molecule has 3 N–H and O–H groups in total. The Morgan fingerprint density at radius 2 is 1.79 bits per heavy atom. The lowest BCUT2D eigenvalue weighted by Crippen LogP contribution is -2.70. The summed E-state index contributed by atoms with van der Waals surface area (Å²) >= 11 is 6.07. The van der Waals surface area contributed by atoms with Gasteiger partial charge < -0.3 is 20.5 Å². The number of alkyl halides is 3. The minimum absolute atomic E-state index is 0.173. The minimum Gasteiger partial charge on any atom is -0.406 e. The third-order valence-corrected chi connectivity index (χ3v) is 5.23. The molecular weight excluding hydrogens is 397 g/mol. The van der Waals surface area contributed by atoms with Crippen molar-refractivity contribution in [3.63, 3.8) is 0 Å². The van der Waals surface area contributed by atoms with Crippen molar-refractivity contribution in [2.45, 2.75) is 12.0 Å². The molecule has 9 heteroatoms. The third-order valence-electron chi connectivity index (χ3n) is 4.99. The summed E-state index contributed by atoms with van der Waals surface area (Å²) in [6, 6.07) is 11.0. The van der Waals surface area contributed by atoms with Gasteiger partial charge in [-0.15, -0.1) is 13.2 Å². The second-order valence-corrected chi connectivity index (χ2v) is 7.35. The van der Waals surface area contributed by atoms with Gasteiger partial charge in [-0.2, -0.15) is 0 Å². The van der Waals surface area contributed by atoms with E-state index in [0.29, 0.717) is 10.6 Å². The molecule has 1 atom stereocenters. The molecule has 28 heavy (non-hydrogen) atoms. The molecule has 0 aliphatic carbocycles. The first-order valence-corrected chi connectivity index (χ1v) is 8.69. The van der Waals surface area contributed by atoms with E-state index in [2.05, 4.69) is 4.74 Å². The monoisotopic (exact) mass is 414 g/mol. The van der Waals surface area contributed by atoms with Crippen LogP contribution in [0.1, 0.15) is 11.1 Å². The first-order chi connectivity index (χ1) is 13.0. The predicted molar refractivity (Wildman–Crippen MR) is 96.7 cm³/mol. The average molecular weight is 415 g/mol. The molecule has 0 bridgehead atoms. The number of primary amides is 1. The SMILES string of the molecule is CN1CC(C(N)=O)([C@@](O)(c2ccc(OC(F)(F)F)cc2)c2cccc(Cl)c2)C1. The Kier molecular flexibility index (Phi) is 5.07. The molecule has 1 aliphatic rings. The third kappa shape index (κ3) is 3.43. The van der Waals surface area contributed by atoms with Crippen LogP contribution in [0.25, 0.3) is 0 Å². The van der Waals surface area contributed by atoms with Crippen LogP contribution in [-0.2, 0) is 10.4 Å². The lowest BCUT2D eigenvalue weighted by molar-refractivity contribution is -0.274. The Morgan fingerprint density at radius 3 is 2.25 bits per heavy atom. The van der Waals surface area contributed by atoms with Crippen LogP contribution in [0.15, 0.2) is 48.5 Å². The number of nitrogens with zero attached hydrogens (tertiary/aromatic N) is 1. The maximum atomic E-state index is 12.4. The molecule has 1 aliphatic heterocycles. The molecule has 150 valence electrons. The number of carbonyl (C=O) groups is 1. The predicted octanol–water partition coefficient (Wildman–Crippen LogP) is 2.89. The Hall–Kier alpha value is -2.29. The molecule has 5 nitrogen and oxygen atoms in total. The largest absolute Gasteiger partial charge is 0.573 e. The topological polar surface area (TPSA) is 75.8 Å². The summed E-state index contributed by atoms with van der Waals surface area (Å²) in [6.07, 6.45) is -4.84. The van der Waals surface area contributed by atoms with Crippen LogP contribution in [0.2, 0.25) is 5.02 Å². The van der Waals surface area contributed by atoms with Crippen LogP contribution in [0.5, 0.6) is 5.75 Å². The van der Waals surface area contributed by atoms with Crippen LogP contribution >= 0.6 is 11.6 Å². The summed E-state index contributed by atoms with van der Waals surface area (Å²) in [5.41, 5.74) is 2.92. The van der Waals surface area contributed by atoms with Gasteiger partial charge in [0.15, 0.2) is 0 Å². The molecule has 2 aromatic rings. The van der Waals surface area contributed by atoms with Crippen LogP contribution in [0.3, 0.4) is 0 Å². The number of amides is 1. The van der Waals surface area contributed by atoms with Gasteiger partial charge in [-0.3, -0.25) is 4.79 Å². The number of hydrogen-bond acceptors (Lipinski definition) is 4. The van der Waals surface area contributed by atoms with Gasteiger partial charge in [0.2, 0.25) is 5.91 Å². The lowest BCUT2D eigenvalue weighted by atomic mass is 9.60. The standard InChI is InChI=1S/C19H18ClF3N2O3/c1-25-10-17(11-25,16(24)26)18(27,13-3-2-4-14(20)9-13)12-5-7-15(8-6-12)28-19(21,22)23/h2-9,27H,10-11H2,1H3,(H2,24,26)/t18-/m1/s1. The second kappa shape index (κ2) is 6.95. The summed E-state index contributed by atoms with van der Waals surface area (Å²) in [5.74, 6) is -1.16. The molecule has 0 radical (unpaired) electrons. The van der Waals surface area contributed by atoms with Crippen LogP contribution < -0.4 is 10.5 Å². The fourth-order valence-electron chi connectivity index (χ4n) is 3.77. The Balaban J connectivity index is 2.13. The molecule has 0 unspecified atom stereocenters. The smallest absolute Gasteiger partial charge is 0.406 e. The van der Waals surface area contributed by atoms with E-state index in [9.17, 15) is 23.1 Å². The highest BCUT2D eigenvalue weighted by Crippen LogP contribution is 2.50. The average Bonchev–Trinajstić information content (AvgIpc) is 2.57. The maximum absolute atomic E-state index is 12.4. The fourth-order valence-corrected chi connectivity index (χ4v) is 3.96. The van der Waals surface area contributed by atoms with Crippen molar-refractivity contribution in [3.8, 4) is 5.75 Å². The lowest BCUT2D eigenvalue weighted by Gasteiger charge is -2.55. The minimum atomic E-state index is -4.84. The van der Waals surface area contributed by atoms with Crippen molar-refractivity contribution >= 4 is 17.5 Å². The summed E-state index contributed by atoms with van der Waals surface area (Å²) in [7, 11) is 1.76. The number of likely N-dealkylation sites (tertiary alicyclic amines) is 1. The number of aliphatic hydroxyl groups is 1. The van der Waals surface area contributed by atoms with Crippen molar-refractivity contribution < 1.29 is 27.8 Å². The highest BCUT2D eigenvalue weighted by atomic mass is 35.5. The summed E-state index contributed by atoms with van der Waals surface area (Å²) in [4.78, 5) is 14.2. The van der Waals surface area contributed by atoms with E-state index in [0.717, 1.165) is 12.1 Å². The van der Waals surface area contributed by atoms with Crippen LogP contribution in [0, 0.1) is 5.41 Å². The second-order valence-electron chi connectivity index (χ2n) is 6.91. The van der Waals surface area contributed by atoms with Crippen molar-refractivity contribution in [2.75, 3.05) is 20.1 Å². The first kappa shape index (κ1) is 20.4. The Bertz CT molecular complexity index is 883. The van der Waals surface area contributed by atoms with Gasteiger partial charge in [0.1, 0.15) is 16.8 Å². The van der Waals surface area contributed by atoms with Gasteiger partial charge in [0, 0.05) is 18.1 Å². The Labute approximate surface area is 164 Å². The zero-order chi connectivity index (χ0) is 20.7. The maximum Gasteiger partial charge on any atom is 0.573 e. The number of rotatable bonds is 5. The van der Waals surface area contributed by atoms with E-state index >= 15 is 0 Å². The molecule has 1 saturated heterocycles. The number of benzene rings is 2. The fraction of sp³-hybridized carbons (Fsp3) is 0.316. The van der Waals surface area contributed by atoms with Gasteiger partial charge >= 0.3 is 6.36 Å². The first-order valence-electron chi connectivity index (χ1n) is 8.31. The van der Waals surface area contributed by atoms with E-state index in [1.54, 1.807) is 30.1 Å². The number of ether oxygens (including phenoxy) is 1. The zero-order valence-electron chi connectivity index (χ0n) is 14.8. The molecule has 1 heterocycles. The van der Waals surface area contributed by atoms with Crippen molar-refractivity contribution in [3.05, 3.63) is 64.7 Å². The highest BCUT2D eigenvalue weighted by Gasteiger charge is 2.62. The zero-order valence-corrected chi connectivity index (χ0v) is 15.6. The molecule has 2 aromatic carbocycles. The van der Waals surface area contributed by atoms with Crippen molar-refractivity contribution in [2.24, 2.45) is 11.1 Å². The summed E-state index contributed by atoms with van der Waals surface area (Å²) in [6.45, 7) is 0.346. The van der Waals surface area contributed by atoms with E-state index in [1.807, 2.05) is 0 Å². The van der Waals surface area contributed by atoms with Crippen molar-refractivity contribution in [1.29, 1.82) is 0 Å². The van der Waals surface area contributed by atoms with Crippen LogP contribution in [0.4, 0.5) is 13.2 Å². The Morgan fingerprint density at radius 1 is 1.18 bits per heavy atom.